The molecule has 1 unspecified atom stereocenters. The molecule has 0 aliphatic rings. The number of hydrogen-bond donors (Lipinski definition) is 0. The maximum Gasteiger partial charge on any atom is 0.0471 e. The van der Waals surface area contributed by atoms with Crippen LogP contribution in [0.25, 0.3) is 0 Å². The lowest BCUT2D eigenvalue weighted by Gasteiger charge is -2.26. The van der Waals surface area contributed by atoms with Crippen molar-refractivity contribution in [2.75, 3.05) is 34.2 Å². The minimum absolute atomic E-state index is 0.0651. The third kappa shape index (κ3) is 7.08. The summed E-state index contributed by atoms with van der Waals surface area (Å²) in [6.45, 7) is 13.6. The largest absolute Gasteiger partial charge is 0.296 e. The van der Waals surface area contributed by atoms with Crippen molar-refractivity contribution in [1.82, 2.24) is 10.0 Å². The Hall–Kier alpha value is -0.930. The van der Waals surface area contributed by atoms with Crippen molar-refractivity contribution < 1.29 is 0 Å². The van der Waals surface area contributed by atoms with Gasteiger partial charge in [0.05, 0.1) is 0 Å². The van der Waals surface area contributed by atoms with Crippen LogP contribution in [0.4, 0.5) is 0 Å². The van der Waals surface area contributed by atoms with Crippen molar-refractivity contribution in [2.24, 2.45) is 16.3 Å². The molecule has 0 aromatic rings. The van der Waals surface area contributed by atoms with Crippen LogP contribution in [-0.2, 0) is 0 Å². The van der Waals surface area contributed by atoms with E-state index in [0.717, 1.165) is 13.1 Å². The monoisotopic (exact) mass is 237 g/mol. The van der Waals surface area contributed by atoms with Crippen LogP contribution in [0.15, 0.2) is 30.3 Å². The molecule has 0 saturated carbocycles. The van der Waals surface area contributed by atoms with Gasteiger partial charge in [-0.2, -0.15) is 0 Å². The predicted molar refractivity (Wildman–Crippen MR) is 77.3 cm³/mol. The minimum Gasteiger partial charge on any atom is -0.296 e. The van der Waals surface area contributed by atoms with Gasteiger partial charge in [-0.3, -0.25) is 4.99 Å². The van der Waals surface area contributed by atoms with Crippen LogP contribution in [0.3, 0.4) is 0 Å². The van der Waals surface area contributed by atoms with Gasteiger partial charge in [0, 0.05) is 51.8 Å². The second-order valence-electron chi connectivity index (χ2n) is 5.27. The van der Waals surface area contributed by atoms with E-state index in [1.165, 1.54) is 0 Å². The molecule has 0 aliphatic heterocycles. The van der Waals surface area contributed by atoms with E-state index in [-0.39, 0.29) is 11.3 Å². The Labute approximate surface area is 106 Å². The van der Waals surface area contributed by atoms with Crippen molar-refractivity contribution in [3.63, 3.8) is 0 Å². The molecule has 0 saturated heterocycles. The summed E-state index contributed by atoms with van der Waals surface area (Å²) in [4.78, 5) is 4.48. The average molecular weight is 237 g/mol. The van der Waals surface area contributed by atoms with E-state index < -0.39 is 0 Å². The maximum absolute atomic E-state index is 4.48. The molecule has 1 atom stereocenters. The SMILES string of the molecule is C=CC(C=NCC(C)(C)C=C)CN(C)N(C)C. The van der Waals surface area contributed by atoms with Crippen LogP contribution >= 0.6 is 0 Å². The predicted octanol–water partition coefficient (Wildman–Crippen LogP) is 2.48. The summed E-state index contributed by atoms with van der Waals surface area (Å²) < 4.78 is 0. The second-order valence-corrected chi connectivity index (χ2v) is 5.27. The first-order valence-electron chi connectivity index (χ1n) is 5.97. The van der Waals surface area contributed by atoms with Gasteiger partial charge in [0.15, 0.2) is 0 Å². The normalized spacial score (nSPS) is 14.5. The van der Waals surface area contributed by atoms with E-state index >= 15 is 0 Å². The molecule has 0 radical (unpaired) electrons. The summed E-state index contributed by atoms with van der Waals surface area (Å²) in [6, 6.07) is 0. The standard InChI is InChI=1S/C14H27N3/c1-8-13(11-17(7)16(5)6)10-15-12-14(3,4)9-2/h8-10,13H,1-2,11-12H2,3-7H3. The first-order valence-corrected chi connectivity index (χ1v) is 5.97. The summed E-state index contributed by atoms with van der Waals surface area (Å²) >= 11 is 0. The molecule has 3 nitrogen and oxygen atoms in total. The quantitative estimate of drug-likeness (QED) is 0.367. The van der Waals surface area contributed by atoms with Gasteiger partial charge in [0.1, 0.15) is 0 Å². The molecule has 0 amide bonds. The van der Waals surface area contributed by atoms with Gasteiger partial charge in [-0.15, -0.1) is 13.2 Å². The lowest BCUT2D eigenvalue weighted by Crippen LogP contribution is -2.37. The Balaban J connectivity index is 4.26. The Morgan fingerprint density at radius 3 is 2.24 bits per heavy atom. The molecule has 0 heterocycles. The van der Waals surface area contributed by atoms with Crippen LogP contribution in [0.2, 0.25) is 0 Å². The molecule has 0 aromatic carbocycles. The molecule has 3 heteroatoms. The van der Waals surface area contributed by atoms with E-state index in [0.29, 0.717) is 0 Å². The topological polar surface area (TPSA) is 18.8 Å². The molecule has 0 aromatic heterocycles. The first-order chi connectivity index (χ1) is 7.82. The van der Waals surface area contributed by atoms with Crippen LogP contribution in [0.1, 0.15) is 13.8 Å². The summed E-state index contributed by atoms with van der Waals surface area (Å²) in [5.74, 6) is 0.281. The molecular formula is C14H27N3. The molecule has 0 aliphatic carbocycles. The van der Waals surface area contributed by atoms with Gasteiger partial charge in [-0.05, 0) is 0 Å². The van der Waals surface area contributed by atoms with Crippen LogP contribution in [0.5, 0.6) is 0 Å². The summed E-state index contributed by atoms with van der Waals surface area (Å²) in [7, 11) is 6.11. The van der Waals surface area contributed by atoms with Crippen molar-refractivity contribution in [2.45, 2.75) is 13.8 Å². The van der Waals surface area contributed by atoms with E-state index in [4.69, 9.17) is 0 Å². The first kappa shape index (κ1) is 16.1. The lowest BCUT2D eigenvalue weighted by atomic mass is 9.94. The van der Waals surface area contributed by atoms with Gasteiger partial charge < -0.3 is 0 Å². The number of hydrogen-bond acceptors (Lipinski definition) is 3. The van der Waals surface area contributed by atoms with E-state index in [1.807, 2.05) is 32.5 Å². The minimum atomic E-state index is 0.0651. The number of rotatable bonds is 8. The Morgan fingerprint density at radius 2 is 1.82 bits per heavy atom. The van der Waals surface area contributed by atoms with Crippen molar-refractivity contribution >= 4 is 6.21 Å². The van der Waals surface area contributed by atoms with Gasteiger partial charge in [-0.25, -0.2) is 10.0 Å². The van der Waals surface area contributed by atoms with Crippen molar-refractivity contribution in [1.29, 1.82) is 0 Å². The number of nitrogens with zero attached hydrogens (tertiary/aromatic N) is 3. The van der Waals surface area contributed by atoms with Crippen LogP contribution < -0.4 is 0 Å². The third-order valence-corrected chi connectivity index (χ3v) is 2.81. The highest BCUT2D eigenvalue weighted by molar-refractivity contribution is 5.63. The molecule has 0 rings (SSSR count). The Morgan fingerprint density at radius 1 is 1.24 bits per heavy atom. The second kappa shape index (κ2) is 7.41. The highest BCUT2D eigenvalue weighted by atomic mass is 15.6. The molecular weight excluding hydrogens is 210 g/mol. The van der Waals surface area contributed by atoms with Crippen LogP contribution in [0, 0.1) is 11.3 Å². The highest BCUT2D eigenvalue weighted by Crippen LogP contribution is 2.15. The average Bonchev–Trinajstić information content (AvgIpc) is 2.27. The zero-order chi connectivity index (χ0) is 13.5. The lowest BCUT2D eigenvalue weighted by molar-refractivity contribution is 0.0528. The van der Waals surface area contributed by atoms with Gasteiger partial charge >= 0.3 is 0 Å². The Kier molecular flexibility index (Phi) is 7.00. The van der Waals surface area contributed by atoms with Gasteiger partial charge in [0.25, 0.3) is 0 Å². The Bertz CT molecular complexity index is 267. The summed E-state index contributed by atoms with van der Waals surface area (Å²) in [5, 5.41) is 4.19. The van der Waals surface area contributed by atoms with Crippen molar-refractivity contribution in [3.8, 4) is 0 Å². The molecule has 17 heavy (non-hydrogen) atoms. The fourth-order valence-corrected chi connectivity index (χ4v) is 1.14. The van der Waals surface area contributed by atoms with E-state index in [1.54, 1.807) is 0 Å². The molecule has 0 spiro atoms. The maximum atomic E-state index is 4.48. The van der Waals surface area contributed by atoms with E-state index in [2.05, 4.69) is 49.1 Å². The smallest absolute Gasteiger partial charge is 0.0471 e. The summed E-state index contributed by atoms with van der Waals surface area (Å²) in [5.41, 5.74) is 0.0651. The fourth-order valence-electron chi connectivity index (χ4n) is 1.14. The molecule has 0 bridgehead atoms. The molecule has 0 N–H and O–H groups in total. The number of hydrazine groups is 1. The van der Waals surface area contributed by atoms with E-state index in [9.17, 15) is 0 Å². The van der Waals surface area contributed by atoms with Gasteiger partial charge in [-0.1, -0.05) is 26.0 Å². The molecule has 98 valence electrons. The summed E-state index contributed by atoms with van der Waals surface area (Å²) in [6.07, 6.45) is 5.86. The molecule has 0 fully saturated rings. The zero-order valence-corrected chi connectivity index (χ0v) is 12.0. The van der Waals surface area contributed by atoms with Gasteiger partial charge in [0.2, 0.25) is 0 Å². The fraction of sp³-hybridized carbons (Fsp3) is 0.643. The zero-order valence-electron chi connectivity index (χ0n) is 12.0. The highest BCUT2D eigenvalue weighted by Gasteiger charge is 2.12. The third-order valence-electron chi connectivity index (χ3n) is 2.81. The van der Waals surface area contributed by atoms with Crippen LogP contribution in [-0.4, -0.2) is 50.5 Å². The number of aliphatic imine (C=N–C) groups is 1. The van der Waals surface area contributed by atoms with Crippen molar-refractivity contribution in [3.05, 3.63) is 25.3 Å².